The number of esters is 1. The van der Waals surface area contributed by atoms with Crippen LogP contribution in [0.1, 0.15) is 32.6 Å². The highest BCUT2D eigenvalue weighted by atomic mass is 32.2. The molecule has 0 radical (unpaired) electrons. The molecule has 0 spiro atoms. The number of nitrogens with zero attached hydrogens (tertiary/aromatic N) is 1. The van der Waals surface area contributed by atoms with Crippen molar-refractivity contribution < 1.29 is 19.1 Å². The standard InChI is InChI=1S/C16H21N3O4S2/c1-3-23-11(20)8-17-15(22)12-14(21)13-9-6-4-5-7-10(9)25-19(13)18-16(12)24-2/h13,18H,3-8H2,1-2H3,(H,17,22). The van der Waals surface area contributed by atoms with Crippen molar-refractivity contribution in [1.29, 1.82) is 0 Å². The number of ether oxygens (including phenoxy) is 1. The number of hydrogen-bond acceptors (Lipinski definition) is 8. The SMILES string of the molecule is CCOC(=O)CNC(=O)C1=C(SC)NN2SC3=C(CCCC3)C2C1=O. The molecular formula is C16H21N3O4S2. The van der Waals surface area contributed by atoms with Crippen LogP contribution in [0.5, 0.6) is 0 Å². The van der Waals surface area contributed by atoms with Crippen molar-refractivity contribution in [2.45, 2.75) is 38.6 Å². The molecule has 2 N–H and O–H groups in total. The van der Waals surface area contributed by atoms with Gasteiger partial charge in [-0.25, -0.2) is 0 Å². The van der Waals surface area contributed by atoms with E-state index in [-0.39, 0.29) is 24.5 Å². The lowest BCUT2D eigenvalue weighted by molar-refractivity contribution is -0.143. The van der Waals surface area contributed by atoms with Crippen LogP contribution in [-0.4, -0.2) is 47.5 Å². The van der Waals surface area contributed by atoms with Gasteiger partial charge in [0.2, 0.25) is 0 Å². The van der Waals surface area contributed by atoms with Crippen molar-refractivity contribution in [2.24, 2.45) is 0 Å². The van der Waals surface area contributed by atoms with Gasteiger partial charge in [-0.1, -0.05) is 0 Å². The number of Topliss-reactive ketones (excluding diaryl/α,β-unsaturated/α-hetero) is 1. The van der Waals surface area contributed by atoms with Gasteiger partial charge in [0.1, 0.15) is 18.2 Å². The maximum absolute atomic E-state index is 13.1. The molecular weight excluding hydrogens is 362 g/mol. The maximum atomic E-state index is 13.1. The number of thioether (sulfide) groups is 1. The largest absolute Gasteiger partial charge is 0.465 e. The number of nitrogens with one attached hydrogen (secondary N) is 2. The zero-order valence-corrected chi connectivity index (χ0v) is 15.8. The molecule has 0 aromatic carbocycles. The van der Waals surface area contributed by atoms with Gasteiger partial charge in [0.15, 0.2) is 5.78 Å². The highest BCUT2D eigenvalue weighted by Gasteiger charge is 2.46. The number of hydrazine groups is 1. The number of amides is 1. The Morgan fingerprint density at radius 1 is 1.40 bits per heavy atom. The average Bonchev–Trinajstić information content (AvgIpc) is 2.98. The van der Waals surface area contributed by atoms with E-state index in [9.17, 15) is 14.4 Å². The molecule has 1 atom stereocenters. The third-order valence-corrected chi connectivity index (χ3v) is 6.18. The Hall–Kier alpha value is -1.45. The zero-order chi connectivity index (χ0) is 18.0. The molecule has 1 unspecified atom stereocenters. The van der Waals surface area contributed by atoms with E-state index in [1.807, 2.05) is 10.7 Å². The predicted octanol–water partition coefficient (Wildman–Crippen LogP) is 1.49. The normalized spacial score (nSPS) is 23.1. The Bertz CT molecular complexity index is 674. The van der Waals surface area contributed by atoms with Gasteiger partial charge in [-0.3, -0.25) is 14.4 Å². The summed E-state index contributed by atoms with van der Waals surface area (Å²) in [6.07, 6.45) is 5.89. The second-order valence-electron chi connectivity index (χ2n) is 5.85. The van der Waals surface area contributed by atoms with Gasteiger partial charge in [0, 0.05) is 4.91 Å². The van der Waals surface area contributed by atoms with Crippen molar-refractivity contribution in [2.75, 3.05) is 19.4 Å². The summed E-state index contributed by atoms with van der Waals surface area (Å²) in [5, 5.41) is 3.01. The molecule has 7 nitrogen and oxygen atoms in total. The molecule has 0 bridgehead atoms. The summed E-state index contributed by atoms with van der Waals surface area (Å²) in [5.74, 6) is -1.26. The smallest absolute Gasteiger partial charge is 0.325 e. The summed E-state index contributed by atoms with van der Waals surface area (Å²) in [6, 6.07) is -0.431. The van der Waals surface area contributed by atoms with E-state index in [1.54, 1.807) is 18.9 Å². The fourth-order valence-corrected chi connectivity index (χ4v) is 5.09. The minimum Gasteiger partial charge on any atom is -0.465 e. The summed E-state index contributed by atoms with van der Waals surface area (Å²) in [4.78, 5) is 38.3. The number of ketones is 1. The van der Waals surface area contributed by atoms with E-state index in [0.717, 1.165) is 31.3 Å². The first-order valence-electron chi connectivity index (χ1n) is 8.28. The van der Waals surface area contributed by atoms with Crippen LogP contribution in [0.15, 0.2) is 21.1 Å². The van der Waals surface area contributed by atoms with Crippen LogP contribution >= 0.6 is 23.7 Å². The maximum Gasteiger partial charge on any atom is 0.325 e. The third kappa shape index (κ3) is 3.58. The molecule has 1 amide bonds. The van der Waals surface area contributed by atoms with E-state index in [4.69, 9.17) is 4.74 Å². The molecule has 9 heteroatoms. The number of rotatable bonds is 5. The molecule has 2 aliphatic heterocycles. The monoisotopic (exact) mass is 383 g/mol. The highest BCUT2D eigenvalue weighted by molar-refractivity contribution is 8.02. The molecule has 2 heterocycles. The molecule has 0 aromatic rings. The van der Waals surface area contributed by atoms with Crippen LogP contribution in [0.2, 0.25) is 0 Å². The number of allylic oxidation sites excluding steroid dienone is 1. The fraction of sp³-hybridized carbons (Fsp3) is 0.562. The van der Waals surface area contributed by atoms with E-state index in [0.29, 0.717) is 5.03 Å². The molecule has 0 fully saturated rings. The fourth-order valence-electron chi connectivity index (χ4n) is 3.18. The first-order chi connectivity index (χ1) is 12.1. The number of fused-ring (bicyclic) bond motifs is 2. The Labute approximate surface area is 155 Å². The topological polar surface area (TPSA) is 87.7 Å². The molecule has 0 saturated heterocycles. The molecule has 0 saturated carbocycles. The second kappa shape index (κ2) is 7.84. The summed E-state index contributed by atoms with van der Waals surface area (Å²) < 4.78 is 6.66. The van der Waals surface area contributed by atoms with Crippen LogP contribution < -0.4 is 10.7 Å². The minimum atomic E-state index is -0.538. The quantitative estimate of drug-likeness (QED) is 0.419. The summed E-state index contributed by atoms with van der Waals surface area (Å²) in [5.41, 5.74) is 4.42. The van der Waals surface area contributed by atoms with Gasteiger partial charge >= 0.3 is 5.97 Å². The van der Waals surface area contributed by atoms with Crippen molar-refractivity contribution in [1.82, 2.24) is 15.2 Å². The molecule has 1 aliphatic carbocycles. The van der Waals surface area contributed by atoms with Crippen molar-refractivity contribution >= 4 is 41.4 Å². The number of carbonyl (C=O) groups is 3. The summed E-state index contributed by atoms with van der Waals surface area (Å²) in [7, 11) is 0. The van der Waals surface area contributed by atoms with Crippen molar-refractivity contribution in [3.8, 4) is 0 Å². The van der Waals surface area contributed by atoms with Crippen LogP contribution in [0, 0.1) is 0 Å². The minimum absolute atomic E-state index is 0.0953. The third-order valence-electron chi connectivity index (χ3n) is 4.29. The summed E-state index contributed by atoms with van der Waals surface area (Å²) >= 11 is 2.88. The van der Waals surface area contributed by atoms with E-state index < -0.39 is 17.9 Å². The predicted molar refractivity (Wildman–Crippen MR) is 97.0 cm³/mol. The molecule has 3 aliphatic rings. The first kappa shape index (κ1) is 18.3. The second-order valence-corrected chi connectivity index (χ2v) is 7.73. The first-order valence-corrected chi connectivity index (χ1v) is 10.3. The van der Waals surface area contributed by atoms with E-state index in [2.05, 4.69) is 10.7 Å². The van der Waals surface area contributed by atoms with Gasteiger partial charge in [-0.15, -0.1) is 16.2 Å². The average molecular weight is 383 g/mol. The summed E-state index contributed by atoms with van der Waals surface area (Å²) in [6.45, 7) is 1.70. The van der Waals surface area contributed by atoms with Gasteiger partial charge in [-0.2, -0.15) is 0 Å². The Kier molecular flexibility index (Phi) is 5.75. The Morgan fingerprint density at radius 2 is 2.16 bits per heavy atom. The van der Waals surface area contributed by atoms with Crippen LogP contribution in [0.4, 0.5) is 0 Å². The molecule has 136 valence electrons. The Balaban J connectivity index is 1.79. The van der Waals surface area contributed by atoms with E-state index >= 15 is 0 Å². The van der Waals surface area contributed by atoms with Crippen molar-refractivity contribution in [3.63, 3.8) is 0 Å². The lowest BCUT2D eigenvalue weighted by Gasteiger charge is -2.32. The number of carbonyl (C=O) groups excluding carboxylic acids is 3. The molecule has 25 heavy (non-hydrogen) atoms. The van der Waals surface area contributed by atoms with Gasteiger partial charge in [0.25, 0.3) is 5.91 Å². The molecule has 3 rings (SSSR count). The van der Waals surface area contributed by atoms with Crippen LogP contribution in [0.25, 0.3) is 0 Å². The molecule has 0 aromatic heterocycles. The van der Waals surface area contributed by atoms with Gasteiger partial charge < -0.3 is 15.5 Å². The zero-order valence-electron chi connectivity index (χ0n) is 14.2. The Morgan fingerprint density at radius 3 is 2.88 bits per heavy atom. The van der Waals surface area contributed by atoms with Crippen LogP contribution in [0.3, 0.4) is 0 Å². The lowest BCUT2D eigenvalue weighted by Crippen LogP contribution is -2.51. The highest BCUT2D eigenvalue weighted by Crippen LogP contribution is 2.47. The van der Waals surface area contributed by atoms with Gasteiger partial charge in [0.05, 0.1) is 11.6 Å². The van der Waals surface area contributed by atoms with Crippen LogP contribution in [-0.2, 0) is 19.1 Å². The van der Waals surface area contributed by atoms with Crippen molar-refractivity contribution in [3.05, 3.63) is 21.1 Å². The lowest BCUT2D eigenvalue weighted by atomic mass is 9.89. The van der Waals surface area contributed by atoms with Gasteiger partial charge in [-0.05, 0) is 56.4 Å². The number of hydrogen-bond donors (Lipinski definition) is 2. The van der Waals surface area contributed by atoms with E-state index in [1.165, 1.54) is 16.7 Å².